The van der Waals surface area contributed by atoms with Gasteiger partial charge in [-0.05, 0) is 30.8 Å². The molecule has 0 bridgehead atoms. The summed E-state index contributed by atoms with van der Waals surface area (Å²) in [4.78, 5) is 4.60. The molecule has 0 saturated heterocycles. The van der Waals surface area contributed by atoms with Crippen molar-refractivity contribution < 1.29 is 4.52 Å². The maximum atomic E-state index is 5.51. The average molecular weight is 277 g/mol. The molecule has 2 aromatic rings. The zero-order chi connectivity index (χ0) is 13.1. The lowest BCUT2D eigenvalue weighted by Crippen LogP contribution is -2.37. The molecule has 19 heavy (non-hydrogen) atoms. The molecule has 2 heterocycles. The van der Waals surface area contributed by atoms with E-state index in [1.807, 2.05) is 11.4 Å². The van der Waals surface area contributed by atoms with Crippen LogP contribution in [0.25, 0.3) is 11.4 Å². The molecule has 0 aromatic carbocycles. The Bertz CT molecular complexity index is 507. The fourth-order valence-electron chi connectivity index (χ4n) is 2.83. The molecule has 3 rings (SSSR count). The standard InChI is InChI=1S/C14H19N3OS/c1-2-15-12-6-4-3-5-11(12)14-16-13(17-18-14)10-7-8-19-9-10/h7-9,11-12,15H,2-6H2,1H3. The number of aromatic nitrogens is 2. The average Bonchev–Trinajstić information content (AvgIpc) is 3.11. The second kappa shape index (κ2) is 5.84. The third-order valence-corrected chi connectivity index (χ3v) is 4.45. The lowest BCUT2D eigenvalue weighted by Gasteiger charge is -2.29. The molecule has 2 atom stereocenters. The smallest absolute Gasteiger partial charge is 0.231 e. The first-order chi connectivity index (χ1) is 9.38. The summed E-state index contributed by atoms with van der Waals surface area (Å²) < 4.78 is 5.51. The lowest BCUT2D eigenvalue weighted by atomic mass is 9.84. The van der Waals surface area contributed by atoms with Crippen molar-refractivity contribution in [1.29, 1.82) is 0 Å². The van der Waals surface area contributed by atoms with Gasteiger partial charge in [0.1, 0.15) is 0 Å². The Hall–Kier alpha value is -1.20. The molecule has 0 amide bonds. The first-order valence-corrected chi connectivity index (χ1v) is 7.92. The second-order valence-corrected chi connectivity index (χ2v) is 5.80. The Balaban J connectivity index is 1.80. The van der Waals surface area contributed by atoms with Gasteiger partial charge < -0.3 is 9.84 Å². The highest BCUT2D eigenvalue weighted by atomic mass is 32.1. The molecule has 0 aliphatic heterocycles. The zero-order valence-electron chi connectivity index (χ0n) is 11.1. The van der Waals surface area contributed by atoms with E-state index in [0.29, 0.717) is 12.0 Å². The van der Waals surface area contributed by atoms with Crippen LogP contribution in [0.5, 0.6) is 0 Å². The van der Waals surface area contributed by atoms with Gasteiger partial charge >= 0.3 is 0 Å². The molecule has 0 radical (unpaired) electrons. The summed E-state index contributed by atoms with van der Waals surface area (Å²) in [5.74, 6) is 1.89. The number of nitrogens with one attached hydrogen (secondary N) is 1. The third kappa shape index (κ3) is 2.72. The maximum Gasteiger partial charge on any atom is 0.231 e. The predicted molar refractivity (Wildman–Crippen MR) is 76.3 cm³/mol. The van der Waals surface area contributed by atoms with Crippen molar-refractivity contribution in [3.63, 3.8) is 0 Å². The van der Waals surface area contributed by atoms with Crippen LogP contribution in [0, 0.1) is 0 Å². The lowest BCUT2D eigenvalue weighted by molar-refractivity contribution is 0.265. The van der Waals surface area contributed by atoms with Gasteiger partial charge in [0.2, 0.25) is 11.7 Å². The van der Waals surface area contributed by atoms with Gasteiger partial charge in [-0.15, -0.1) is 0 Å². The summed E-state index contributed by atoms with van der Waals surface area (Å²) in [5.41, 5.74) is 1.05. The highest BCUT2D eigenvalue weighted by Crippen LogP contribution is 2.33. The molecule has 1 aliphatic rings. The van der Waals surface area contributed by atoms with Gasteiger partial charge in [0.05, 0.1) is 5.92 Å². The molecule has 5 heteroatoms. The van der Waals surface area contributed by atoms with Crippen molar-refractivity contribution in [1.82, 2.24) is 15.5 Å². The number of hydrogen-bond donors (Lipinski definition) is 1. The van der Waals surface area contributed by atoms with E-state index in [9.17, 15) is 0 Å². The van der Waals surface area contributed by atoms with Crippen LogP contribution in [0.15, 0.2) is 21.3 Å². The van der Waals surface area contributed by atoms with E-state index in [0.717, 1.165) is 30.2 Å². The number of likely N-dealkylation sites (N-methyl/N-ethyl adjacent to an activating group) is 1. The summed E-state index contributed by atoms with van der Waals surface area (Å²) in [6.45, 7) is 3.14. The first-order valence-electron chi connectivity index (χ1n) is 6.98. The van der Waals surface area contributed by atoms with Crippen molar-refractivity contribution in [3.8, 4) is 11.4 Å². The summed E-state index contributed by atoms with van der Waals surface area (Å²) in [5, 5.41) is 11.8. The molecule has 1 fully saturated rings. The Morgan fingerprint density at radius 1 is 1.42 bits per heavy atom. The van der Waals surface area contributed by atoms with Crippen molar-refractivity contribution in [2.24, 2.45) is 0 Å². The minimum atomic E-state index is 0.369. The van der Waals surface area contributed by atoms with Crippen LogP contribution in [0.1, 0.15) is 44.4 Å². The van der Waals surface area contributed by atoms with E-state index in [4.69, 9.17) is 4.52 Å². The van der Waals surface area contributed by atoms with E-state index in [-0.39, 0.29) is 0 Å². The second-order valence-electron chi connectivity index (χ2n) is 5.02. The zero-order valence-corrected chi connectivity index (χ0v) is 11.9. The highest BCUT2D eigenvalue weighted by Gasteiger charge is 2.30. The fourth-order valence-corrected chi connectivity index (χ4v) is 3.46. The monoisotopic (exact) mass is 277 g/mol. The van der Waals surface area contributed by atoms with Crippen LogP contribution >= 0.6 is 11.3 Å². The van der Waals surface area contributed by atoms with Gasteiger partial charge in [0, 0.05) is 17.0 Å². The third-order valence-electron chi connectivity index (χ3n) is 3.77. The molecule has 102 valence electrons. The molecule has 4 nitrogen and oxygen atoms in total. The summed E-state index contributed by atoms with van der Waals surface area (Å²) in [7, 11) is 0. The molecule has 2 unspecified atom stereocenters. The molecule has 0 spiro atoms. The first kappa shape index (κ1) is 12.8. The van der Waals surface area contributed by atoms with Gasteiger partial charge in [-0.2, -0.15) is 16.3 Å². The Morgan fingerprint density at radius 2 is 2.32 bits per heavy atom. The summed E-state index contributed by atoms with van der Waals surface area (Å²) >= 11 is 1.65. The molecule has 1 N–H and O–H groups in total. The van der Waals surface area contributed by atoms with Crippen LogP contribution < -0.4 is 5.32 Å². The SMILES string of the molecule is CCNC1CCCCC1c1nc(-c2ccsc2)no1. The topological polar surface area (TPSA) is 51.0 Å². The summed E-state index contributed by atoms with van der Waals surface area (Å²) in [6, 6.07) is 2.51. The van der Waals surface area contributed by atoms with Crippen molar-refractivity contribution in [2.45, 2.75) is 44.6 Å². The van der Waals surface area contributed by atoms with Crippen molar-refractivity contribution in [2.75, 3.05) is 6.54 Å². The van der Waals surface area contributed by atoms with Crippen LogP contribution in [-0.4, -0.2) is 22.7 Å². The van der Waals surface area contributed by atoms with Gasteiger partial charge in [0.25, 0.3) is 0 Å². The highest BCUT2D eigenvalue weighted by molar-refractivity contribution is 7.08. The molecular weight excluding hydrogens is 258 g/mol. The minimum Gasteiger partial charge on any atom is -0.339 e. The van der Waals surface area contributed by atoms with E-state index in [1.54, 1.807) is 11.3 Å². The predicted octanol–water partition coefficient (Wildman–Crippen LogP) is 3.43. The van der Waals surface area contributed by atoms with Gasteiger partial charge in [-0.1, -0.05) is 24.9 Å². The van der Waals surface area contributed by atoms with E-state index >= 15 is 0 Å². The van der Waals surface area contributed by atoms with Crippen molar-refractivity contribution >= 4 is 11.3 Å². The van der Waals surface area contributed by atoms with Crippen LogP contribution in [0.4, 0.5) is 0 Å². The Labute approximate surface area is 117 Å². The maximum absolute atomic E-state index is 5.51. The van der Waals surface area contributed by atoms with Crippen LogP contribution in [0.3, 0.4) is 0 Å². The fraction of sp³-hybridized carbons (Fsp3) is 0.571. The van der Waals surface area contributed by atoms with E-state index in [2.05, 4.69) is 27.8 Å². The molecule has 1 saturated carbocycles. The largest absolute Gasteiger partial charge is 0.339 e. The Morgan fingerprint density at radius 3 is 3.11 bits per heavy atom. The van der Waals surface area contributed by atoms with E-state index < -0.39 is 0 Å². The molecule has 1 aliphatic carbocycles. The summed E-state index contributed by atoms with van der Waals surface area (Å²) in [6.07, 6.45) is 4.89. The number of nitrogens with zero attached hydrogens (tertiary/aromatic N) is 2. The number of thiophene rings is 1. The number of rotatable bonds is 4. The number of hydrogen-bond acceptors (Lipinski definition) is 5. The van der Waals surface area contributed by atoms with E-state index in [1.165, 1.54) is 19.3 Å². The molecular formula is C14H19N3OS. The van der Waals surface area contributed by atoms with Gasteiger partial charge in [-0.3, -0.25) is 0 Å². The normalized spacial score (nSPS) is 23.6. The Kier molecular flexibility index (Phi) is 3.94. The minimum absolute atomic E-state index is 0.369. The molecule has 2 aromatic heterocycles. The quantitative estimate of drug-likeness (QED) is 0.930. The van der Waals surface area contributed by atoms with Crippen molar-refractivity contribution in [3.05, 3.63) is 22.7 Å². The van der Waals surface area contributed by atoms with Crippen LogP contribution in [0.2, 0.25) is 0 Å². The van der Waals surface area contributed by atoms with Crippen LogP contribution in [-0.2, 0) is 0 Å². The van der Waals surface area contributed by atoms with Gasteiger partial charge in [-0.25, -0.2) is 0 Å². The van der Waals surface area contributed by atoms with Gasteiger partial charge in [0.15, 0.2) is 0 Å².